The van der Waals surface area contributed by atoms with Crippen LogP contribution in [0.1, 0.15) is 52.7 Å². The summed E-state index contributed by atoms with van der Waals surface area (Å²) in [5.41, 5.74) is -1.22. The van der Waals surface area contributed by atoms with E-state index in [0.29, 0.717) is 42.2 Å². The summed E-state index contributed by atoms with van der Waals surface area (Å²) in [6.07, 6.45) is 0. The molecule has 2 aromatic rings. The van der Waals surface area contributed by atoms with Crippen LogP contribution in [0.15, 0.2) is 26.8 Å². The highest BCUT2D eigenvalue weighted by atomic mass is 32.2. The van der Waals surface area contributed by atoms with E-state index < -0.39 is 28.0 Å². The molecule has 1 saturated heterocycles. The smallest absolute Gasteiger partial charge is 0.244 e. The van der Waals surface area contributed by atoms with Crippen LogP contribution in [0.5, 0.6) is 0 Å². The fourth-order valence-electron chi connectivity index (χ4n) is 3.63. The number of rotatable bonds is 3. The summed E-state index contributed by atoms with van der Waals surface area (Å²) >= 11 is 0.899. The first-order valence-electron chi connectivity index (χ1n) is 10.4. The fraction of sp³-hybridized carbons (Fsp3) is 0.522. The van der Waals surface area contributed by atoms with Crippen molar-refractivity contribution in [3.8, 4) is 0 Å². The molecule has 3 rings (SSSR count). The minimum absolute atomic E-state index is 0.215. The molecule has 0 atom stereocenters. The number of aromatic amines is 1. The van der Waals surface area contributed by atoms with Gasteiger partial charge in [-0.25, -0.2) is 4.39 Å². The number of anilines is 1. The zero-order valence-corrected chi connectivity index (χ0v) is 19.7. The highest BCUT2D eigenvalue weighted by molar-refractivity contribution is 7.99. The monoisotopic (exact) mass is 453 g/mol. The normalized spacial score (nSPS) is 15.5. The predicted molar refractivity (Wildman–Crippen MR) is 120 cm³/mol. The van der Waals surface area contributed by atoms with Crippen LogP contribution in [0.3, 0.4) is 0 Å². The molecule has 1 fully saturated rings. The van der Waals surface area contributed by atoms with E-state index in [1.54, 1.807) is 17.0 Å². The summed E-state index contributed by atoms with van der Waals surface area (Å²) in [5, 5.41) is 2.90. The van der Waals surface area contributed by atoms with Gasteiger partial charge in [0.15, 0.2) is 0 Å². The number of H-pyrrole nitrogens is 1. The third kappa shape index (κ3) is 4.95. The first-order valence-corrected chi connectivity index (χ1v) is 11.2. The van der Waals surface area contributed by atoms with E-state index in [0.717, 1.165) is 11.8 Å². The molecule has 0 aliphatic carbocycles. The summed E-state index contributed by atoms with van der Waals surface area (Å²) in [4.78, 5) is 17.2. The maximum atomic E-state index is 15.2. The summed E-state index contributed by atoms with van der Waals surface area (Å²) in [6, 6.07) is 3.30. The summed E-state index contributed by atoms with van der Waals surface area (Å²) in [6.45, 7) is 13.4. The van der Waals surface area contributed by atoms with Crippen molar-refractivity contribution in [3.63, 3.8) is 0 Å². The van der Waals surface area contributed by atoms with Crippen LogP contribution < -0.4 is 15.6 Å². The van der Waals surface area contributed by atoms with Crippen molar-refractivity contribution in [1.82, 2.24) is 10.3 Å². The predicted octanol–water partition coefficient (Wildman–Crippen LogP) is 4.95. The molecule has 31 heavy (non-hydrogen) atoms. The molecule has 0 saturated carbocycles. The molecule has 0 spiro atoms. The zero-order valence-electron chi connectivity index (χ0n) is 18.9. The number of nitrogens with zero attached hydrogens (tertiary/aromatic N) is 1. The Morgan fingerprint density at radius 3 is 1.90 bits per heavy atom. The Labute approximate surface area is 185 Å². The van der Waals surface area contributed by atoms with Crippen molar-refractivity contribution in [1.29, 1.82) is 0 Å². The molecule has 8 heteroatoms. The van der Waals surface area contributed by atoms with Gasteiger partial charge in [0.25, 0.3) is 0 Å². The van der Waals surface area contributed by atoms with E-state index in [9.17, 15) is 13.6 Å². The van der Waals surface area contributed by atoms with Gasteiger partial charge >= 0.3 is 0 Å². The zero-order chi connectivity index (χ0) is 23.1. The van der Waals surface area contributed by atoms with Crippen LogP contribution in [-0.2, 0) is 10.8 Å². The van der Waals surface area contributed by atoms with Crippen LogP contribution in [0, 0.1) is 17.6 Å². The number of benzene rings is 1. The molecule has 0 radical (unpaired) electrons. The van der Waals surface area contributed by atoms with Gasteiger partial charge in [-0.3, -0.25) is 4.79 Å². The molecular formula is C23H30F3N3OS. The average molecular weight is 454 g/mol. The molecule has 4 nitrogen and oxygen atoms in total. The second-order valence-electron chi connectivity index (χ2n) is 9.93. The van der Waals surface area contributed by atoms with E-state index in [1.807, 2.05) is 41.5 Å². The van der Waals surface area contributed by atoms with Crippen LogP contribution in [0.4, 0.5) is 18.9 Å². The Bertz CT molecular complexity index is 997. The topological polar surface area (TPSA) is 48.1 Å². The molecule has 0 unspecified atom stereocenters. The van der Waals surface area contributed by atoms with Crippen molar-refractivity contribution in [3.05, 3.63) is 51.1 Å². The average Bonchev–Trinajstić information content (AvgIpc) is 2.66. The van der Waals surface area contributed by atoms with E-state index >= 15 is 4.39 Å². The highest BCUT2D eigenvalue weighted by Crippen LogP contribution is 2.38. The van der Waals surface area contributed by atoms with E-state index in [-0.39, 0.29) is 16.5 Å². The standard InChI is InChI=1S/C23H30F3N3OS/c1-22(2,3)14-11-13(12-15(16(14)24)23(4,5)6)31-21-17(25)19(30)18(20(26)28-21)29-9-7-27-8-10-29/h11-12,27H,7-10H2,1-6H3,(H,28,30). The summed E-state index contributed by atoms with van der Waals surface area (Å²) in [5.74, 6) is -2.18. The maximum absolute atomic E-state index is 15.2. The number of pyridine rings is 1. The van der Waals surface area contributed by atoms with Gasteiger partial charge in [-0.1, -0.05) is 53.3 Å². The molecule has 0 bridgehead atoms. The second kappa shape index (κ2) is 8.54. The van der Waals surface area contributed by atoms with Gasteiger partial charge in [-0.2, -0.15) is 8.78 Å². The highest BCUT2D eigenvalue weighted by Gasteiger charge is 2.28. The molecule has 1 aliphatic heterocycles. The van der Waals surface area contributed by atoms with E-state index in [4.69, 9.17) is 0 Å². The molecule has 1 aromatic carbocycles. The molecule has 1 aromatic heterocycles. The Morgan fingerprint density at radius 1 is 0.903 bits per heavy atom. The van der Waals surface area contributed by atoms with Gasteiger partial charge in [0.2, 0.25) is 17.2 Å². The number of hydrogen-bond donors (Lipinski definition) is 2. The molecule has 2 N–H and O–H groups in total. The third-order valence-corrected chi connectivity index (χ3v) is 6.32. The van der Waals surface area contributed by atoms with Gasteiger partial charge < -0.3 is 15.2 Å². The fourth-order valence-corrected chi connectivity index (χ4v) is 4.54. The lowest BCUT2D eigenvalue weighted by atomic mass is 9.80. The number of halogens is 3. The molecule has 2 heterocycles. The van der Waals surface area contributed by atoms with Crippen molar-refractivity contribution in [2.75, 3.05) is 31.1 Å². The van der Waals surface area contributed by atoms with Gasteiger partial charge in [-0.05, 0) is 34.1 Å². The van der Waals surface area contributed by atoms with Crippen molar-refractivity contribution >= 4 is 17.4 Å². The first kappa shape index (κ1) is 23.7. The van der Waals surface area contributed by atoms with E-state index in [1.165, 1.54) is 0 Å². The lowest BCUT2D eigenvalue weighted by Gasteiger charge is -2.29. The van der Waals surface area contributed by atoms with Gasteiger partial charge in [0, 0.05) is 31.1 Å². The van der Waals surface area contributed by atoms with Crippen LogP contribution in [-0.4, -0.2) is 31.2 Å². The van der Waals surface area contributed by atoms with Gasteiger partial charge in [-0.15, -0.1) is 0 Å². The number of aromatic nitrogens is 1. The number of hydrogen-bond acceptors (Lipinski definition) is 4. The van der Waals surface area contributed by atoms with E-state index in [2.05, 4.69) is 10.3 Å². The maximum Gasteiger partial charge on any atom is 0.244 e. The molecule has 0 amide bonds. The summed E-state index contributed by atoms with van der Waals surface area (Å²) < 4.78 is 45.0. The quantitative estimate of drug-likeness (QED) is 0.646. The first-order chi connectivity index (χ1) is 14.3. The second-order valence-corrected chi connectivity index (χ2v) is 11.0. The van der Waals surface area contributed by atoms with Crippen LogP contribution in [0.25, 0.3) is 0 Å². The van der Waals surface area contributed by atoms with Crippen molar-refractivity contribution in [2.45, 2.75) is 62.3 Å². The van der Waals surface area contributed by atoms with Crippen LogP contribution >= 0.6 is 11.8 Å². The Balaban J connectivity index is 2.07. The Morgan fingerprint density at radius 2 is 1.42 bits per heavy atom. The lowest BCUT2D eigenvalue weighted by molar-refractivity contribution is 0.478. The molecule has 170 valence electrons. The molecular weight excluding hydrogens is 423 g/mol. The minimum atomic E-state index is -1.03. The van der Waals surface area contributed by atoms with Crippen molar-refractivity contribution in [2.24, 2.45) is 0 Å². The largest absolute Gasteiger partial charge is 0.362 e. The molecule has 1 aliphatic rings. The van der Waals surface area contributed by atoms with Crippen molar-refractivity contribution < 1.29 is 13.2 Å². The minimum Gasteiger partial charge on any atom is -0.362 e. The SMILES string of the molecule is CC(C)(C)c1cc(Sc2[nH]c(F)c(N3CCNCC3)c(=O)c2F)cc(C(C)(C)C)c1F. The number of piperazine rings is 1. The third-order valence-electron chi connectivity index (χ3n) is 5.36. The summed E-state index contributed by atoms with van der Waals surface area (Å²) in [7, 11) is 0. The van der Waals surface area contributed by atoms with Crippen LogP contribution in [0.2, 0.25) is 0 Å². The van der Waals surface area contributed by atoms with Gasteiger partial charge in [0.05, 0.1) is 0 Å². The van der Waals surface area contributed by atoms with Gasteiger partial charge in [0.1, 0.15) is 16.5 Å². The number of nitrogens with one attached hydrogen (secondary N) is 2. The lowest BCUT2D eigenvalue weighted by Crippen LogP contribution is -2.46. The Hall–Kier alpha value is -1.93. The Kier molecular flexibility index (Phi) is 6.54.